The number of benzene rings is 1. The maximum absolute atomic E-state index is 11.8. The standard InChI is InChI=1S/C18H26N2O4/c1-14(21)23-12-4-10-19-11-5-13-24-17-7-3-6-16-15(17)8-9-18(22)20(16)2/h3,6-7,19H,4-5,8-13H2,1-2H3. The summed E-state index contributed by atoms with van der Waals surface area (Å²) < 4.78 is 10.8. The highest BCUT2D eigenvalue weighted by atomic mass is 16.5. The Morgan fingerprint density at radius 1 is 1.21 bits per heavy atom. The highest BCUT2D eigenvalue weighted by Crippen LogP contribution is 2.33. The number of fused-ring (bicyclic) bond motifs is 1. The van der Waals surface area contributed by atoms with Gasteiger partial charge in [-0.3, -0.25) is 9.59 Å². The van der Waals surface area contributed by atoms with Crippen molar-refractivity contribution in [1.82, 2.24) is 5.32 Å². The van der Waals surface area contributed by atoms with E-state index >= 15 is 0 Å². The van der Waals surface area contributed by atoms with Crippen LogP contribution in [0.4, 0.5) is 5.69 Å². The van der Waals surface area contributed by atoms with Crippen molar-refractivity contribution >= 4 is 17.6 Å². The Morgan fingerprint density at radius 2 is 1.96 bits per heavy atom. The lowest BCUT2D eigenvalue weighted by Gasteiger charge is -2.27. The summed E-state index contributed by atoms with van der Waals surface area (Å²) in [5, 5.41) is 3.30. The van der Waals surface area contributed by atoms with E-state index in [-0.39, 0.29) is 11.9 Å². The molecular weight excluding hydrogens is 308 g/mol. The monoisotopic (exact) mass is 334 g/mol. The normalized spacial score (nSPS) is 13.6. The molecule has 1 heterocycles. The fraction of sp³-hybridized carbons (Fsp3) is 0.556. The van der Waals surface area contributed by atoms with Crippen LogP contribution in [0.3, 0.4) is 0 Å². The molecular formula is C18H26N2O4. The Hall–Kier alpha value is -2.08. The van der Waals surface area contributed by atoms with E-state index in [1.807, 2.05) is 25.2 Å². The van der Waals surface area contributed by atoms with Crippen LogP contribution in [0.1, 0.15) is 31.7 Å². The number of hydrogen-bond acceptors (Lipinski definition) is 5. The van der Waals surface area contributed by atoms with Gasteiger partial charge in [0.15, 0.2) is 0 Å². The van der Waals surface area contributed by atoms with Crippen molar-refractivity contribution in [3.63, 3.8) is 0 Å². The van der Waals surface area contributed by atoms with Gasteiger partial charge in [-0.1, -0.05) is 6.07 Å². The second-order valence-electron chi connectivity index (χ2n) is 5.85. The minimum atomic E-state index is -0.234. The van der Waals surface area contributed by atoms with Crippen LogP contribution in [0.25, 0.3) is 0 Å². The van der Waals surface area contributed by atoms with E-state index in [4.69, 9.17) is 9.47 Å². The van der Waals surface area contributed by atoms with Crippen LogP contribution in [0.15, 0.2) is 18.2 Å². The SMILES string of the molecule is CC(=O)OCCCNCCCOc1cccc2c1CCC(=O)N2C. The predicted octanol–water partition coefficient (Wildman–Crippen LogP) is 1.91. The molecule has 0 unspecified atom stereocenters. The van der Waals surface area contributed by atoms with Crippen LogP contribution < -0.4 is 15.0 Å². The van der Waals surface area contributed by atoms with Crippen LogP contribution in [0.2, 0.25) is 0 Å². The molecule has 0 aliphatic carbocycles. The predicted molar refractivity (Wildman–Crippen MR) is 92.4 cm³/mol. The number of carbonyl (C=O) groups excluding carboxylic acids is 2. The number of esters is 1. The maximum atomic E-state index is 11.8. The summed E-state index contributed by atoms with van der Waals surface area (Å²) >= 11 is 0. The van der Waals surface area contributed by atoms with E-state index in [0.717, 1.165) is 49.4 Å². The van der Waals surface area contributed by atoms with Gasteiger partial charge >= 0.3 is 5.97 Å². The van der Waals surface area contributed by atoms with E-state index in [0.29, 0.717) is 19.6 Å². The largest absolute Gasteiger partial charge is 0.493 e. The first-order chi connectivity index (χ1) is 11.6. The quantitative estimate of drug-likeness (QED) is 0.552. The molecule has 132 valence electrons. The molecule has 0 spiro atoms. The lowest BCUT2D eigenvalue weighted by Crippen LogP contribution is -2.31. The molecule has 1 amide bonds. The molecule has 0 bridgehead atoms. The number of amides is 1. The number of nitrogens with zero attached hydrogens (tertiary/aromatic N) is 1. The lowest BCUT2D eigenvalue weighted by atomic mass is 10.0. The molecule has 1 aliphatic heterocycles. The molecule has 6 nitrogen and oxygen atoms in total. The van der Waals surface area contributed by atoms with Gasteiger partial charge in [0, 0.05) is 26.0 Å². The average Bonchev–Trinajstić information content (AvgIpc) is 2.56. The molecule has 1 N–H and O–H groups in total. The summed E-state index contributed by atoms with van der Waals surface area (Å²) in [6.45, 7) is 4.18. The van der Waals surface area contributed by atoms with Crippen molar-refractivity contribution in [3.8, 4) is 5.75 Å². The van der Waals surface area contributed by atoms with Gasteiger partial charge in [-0.2, -0.15) is 0 Å². The fourth-order valence-electron chi connectivity index (χ4n) is 2.71. The van der Waals surface area contributed by atoms with E-state index in [9.17, 15) is 9.59 Å². The summed E-state index contributed by atoms with van der Waals surface area (Å²) in [5.41, 5.74) is 2.07. The fourth-order valence-corrected chi connectivity index (χ4v) is 2.71. The molecule has 2 rings (SSSR count). The first-order valence-corrected chi connectivity index (χ1v) is 8.45. The first-order valence-electron chi connectivity index (χ1n) is 8.45. The summed E-state index contributed by atoms with van der Waals surface area (Å²) in [4.78, 5) is 24.1. The van der Waals surface area contributed by atoms with Gasteiger partial charge in [0.2, 0.25) is 5.91 Å². The van der Waals surface area contributed by atoms with E-state index in [1.165, 1.54) is 6.92 Å². The minimum Gasteiger partial charge on any atom is -0.493 e. The molecule has 0 aromatic heterocycles. The van der Waals surface area contributed by atoms with Gasteiger partial charge in [0.25, 0.3) is 0 Å². The van der Waals surface area contributed by atoms with Crippen LogP contribution in [-0.2, 0) is 20.7 Å². The third-order valence-electron chi connectivity index (χ3n) is 3.99. The van der Waals surface area contributed by atoms with Crippen molar-refractivity contribution in [1.29, 1.82) is 0 Å². The van der Waals surface area contributed by atoms with Crippen molar-refractivity contribution in [2.45, 2.75) is 32.6 Å². The Bertz CT molecular complexity index is 574. The zero-order chi connectivity index (χ0) is 17.4. The maximum Gasteiger partial charge on any atom is 0.302 e. The number of ether oxygens (including phenoxy) is 2. The van der Waals surface area contributed by atoms with Crippen LogP contribution in [-0.4, -0.2) is 45.2 Å². The Labute approximate surface area is 143 Å². The van der Waals surface area contributed by atoms with E-state index in [2.05, 4.69) is 5.32 Å². The lowest BCUT2D eigenvalue weighted by molar-refractivity contribution is -0.141. The van der Waals surface area contributed by atoms with Gasteiger partial charge in [0.1, 0.15) is 5.75 Å². The number of rotatable bonds is 9. The molecule has 24 heavy (non-hydrogen) atoms. The van der Waals surface area contributed by atoms with Crippen molar-refractivity contribution in [2.24, 2.45) is 0 Å². The summed E-state index contributed by atoms with van der Waals surface area (Å²) in [5.74, 6) is 0.793. The molecule has 1 aliphatic rings. The molecule has 0 saturated heterocycles. The van der Waals surface area contributed by atoms with Gasteiger partial charge in [-0.05, 0) is 44.5 Å². The number of carbonyl (C=O) groups is 2. The minimum absolute atomic E-state index is 0.151. The number of nitrogens with one attached hydrogen (secondary N) is 1. The van der Waals surface area contributed by atoms with E-state index in [1.54, 1.807) is 4.90 Å². The second-order valence-corrected chi connectivity index (χ2v) is 5.85. The topological polar surface area (TPSA) is 67.9 Å². The zero-order valence-electron chi connectivity index (χ0n) is 14.5. The third kappa shape index (κ3) is 5.23. The van der Waals surface area contributed by atoms with Gasteiger partial charge in [-0.25, -0.2) is 0 Å². The molecule has 1 aromatic rings. The highest BCUT2D eigenvalue weighted by Gasteiger charge is 2.23. The molecule has 6 heteroatoms. The summed E-state index contributed by atoms with van der Waals surface area (Å²) in [6.07, 6.45) is 2.98. The molecule has 1 aromatic carbocycles. The van der Waals surface area contributed by atoms with Gasteiger partial charge in [0.05, 0.1) is 18.9 Å². The highest BCUT2D eigenvalue weighted by molar-refractivity contribution is 5.96. The Balaban J connectivity index is 1.67. The smallest absolute Gasteiger partial charge is 0.302 e. The molecule has 0 atom stereocenters. The zero-order valence-corrected chi connectivity index (χ0v) is 14.5. The summed E-state index contributed by atoms with van der Waals surface area (Å²) in [7, 11) is 1.81. The van der Waals surface area contributed by atoms with Crippen LogP contribution >= 0.6 is 0 Å². The average molecular weight is 334 g/mol. The molecule has 0 radical (unpaired) electrons. The summed E-state index contributed by atoms with van der Waals surface area (Å²) in [6, 6.07) is 5.86. The van der Waals surface area contributed by atoms with Crippen molar-refractivity contribution in [2.75, 3.05) is 38.3 Å². The third-order valence-corrected chi connectivity index (χ3v) is 3.99. The van der Waals surface area contributed by atoms with Gasteiger partial charge < -0.3 is 19.7 Å². The number of hydrogen-bond donors (Lipinski definition) is 1. The van der Waals surface area contributed by atoms with Crippen molar-refractivity contribution < 1.29 is 19.1 Å². The Morgan fingerprint density at radius 3 is 2.71 bits per heavy atom. The van der Waals surface area contributed by atoms with E-state index < -0.39 is 0 Å². The Kier molecular flexibility index (Phi) is 7.06. The van der Waals surface area contributed by atoms with Gasteiger partial charge in [-0.15, -0.1) is 0 Å². The molecule has 0 saturated carbocycles. The second kappa shape index (κ2) is 9.27. The van der Waals surface area contributed by atoms with Crippen LogP contribution in [0, 0.1) is 0 Å². The number of anilines is 1. The first kappa shape index (κ1) is 18.3. The molecule has 0 fully saturated rings. The van der Waals surface area contributed by atoms with Crippen LogP contribution in [0.5, 0.6) is 5.75 Å². The van der Waals surface area contributed by atoms with Crippen molar-refractivity contribution in [3.05, 3.63) is 23.8 Å².